The molecule has 0 aliphatic carbocycles. The van der Waals surface area contributed by atoms with Gasteiger partial charge in [0, 0.05) is 12.5 Å². The summed E-state index contributed by atoms with van der Waals surface area (Å²) in [5.41, 5.74) is 0. The molecular formula is C8H15NO3. The molecule has 0 spiro atoms. The summed E-state index contributed by atoms with van der Waals surface area (Å²) in [6.45, 7) is 2.46. The van der Waals surface area contributed by atoms with Crippen molar-refractivity contribution < 1.29 is 14.6 Å². The number of cyclic esters (lactones) is 1. The molecule has 0 aromatic rings. The number of ether oxygens (including phenoxy) is 1. The van der Waals surface area contributed by atoms with E-state index >= 15 is 0 Å². The summed E-state index contributed by atoms with van der Waals surface area (Å²) in [4.78, 5) is 12.9. The van der Waals surface area contributed by atoms with Gasteiger partial charge in [-0.1, -0.05) is 0 Å². The van der Waals surface area contributed by atoms with E-state index in [0.29, 0.717) is 6.61 Å². The van der Waals surface area contributed by atoms with Crippen molar-refractivity contribution in [1.29, 1.82) is 0 Å². The molecule has 2 unspecified atom stereocenters. The minimum Gasteiger partial charge on any atom is -0.464 e. The summed E-state index contributed by atoms with van der Waals surface area (Å²) in [6, 6.07) is -0.146. The Hall–Kier alpha value is -0.610. The van der Waals surface area contributed by atoms with Crippen LogP contribution in [0.2, 0.25) is 0 Å². The molecule has 4 nitrogen and oxygen atoms in total. The first-order chi connectivity index (χ1) is 5.66. The van der Waals surface area contributed by atoms with Crippen LogP contribution in [0.3, 0.4) is 0 Å². The predicted octanol–water partition coefficient (Wildman–Crippen LogP) is -0.386. The van der Waals surface area contributed by atoms with Crippen LogP contribution in [0.15, 0.2) is 0 Å². The van der Waals surface area contributed by atoms with Crippen LogP contribution >= 0.6 is 0 Å². The number of esters is 1. The molecule has 1 aliphatic rings. The van der Waals surface area contributed by atoms with Gasteiger partial charge < -0.3 is 9.84 Å². The van der Waals surface area contributed by atoms with Gasteiger partial charge in [-0.05, 0) is 14.0 Å². The van der Waals surface area contributed by atoms with Crippen LogP contribution in [-0.2, 0) is 9.53 Å². The molecule has 2 atom stereocenters. The SMILES string of the molecule is CC(CO)N(C)C1CCOC1=O. The van der Waals surface area contributed by atoms with Crippen molar-refractivity contribution in [2.75, 3.05) is 20.3 Å². The molecule has 0 saturated carbocycles. The molecular weight excluding hydrogens is 158 g/mol. The normalized spacial score (nSPS) is 26.0. The van der Waals surface area contributed by atoms with Gasteiger partial charge in [0.05, 0.1) is 13.2 Å². The Kier molecular flexibility index (Phi) is 3.05. The van der Waals surface area contributed by atoms with Crippen LogP contribution in [0, 0.1) is 0 Å². The van der Waals surface area contributed by atoms with Crippen molar-refractivity contribution in [2.45, 2.75) is 25.4 Å². The van der Waals surface area contributed by atoms with E-state index in [0.717, 1.165) is 6.42 Å². The van der Waals surface area contributed by atoms with Crippen molar-refractivity contribution in [3.63, 3.8) is 0 Å². The van der Waals surface area contributed by atoms with Gasteiger partial charge in [0.1, 0.15) is 6.04 Å². The lowest BCUT2D eigenvalue weighted by molar-refractivity contribution is -0.142. The molecule has 0 aromatic heterocycles. The first-order valence-electron chi connectivity index (χ1n) is 4.16. The minimum absolute atomic E-state index is 0.0145. The highest BCUT2D eigenvalue weighted by molar-refractivity contribution is 5.77. The molecule has 0 aromatic carbocycles. The largest absolute Gasteiger partial charge is 0.464 e. The van der Waals surface area contributed by atoms with Crippen LogP contribution in [0.4, 0.5) is 0 Å². The summed E-state index contributed by atoms with van der Waals surface area (Å²) in [5, 5.41) is 8.86. The fourth-order valence-corrected chi connectivity index (χ4v) is 1.29. The number of nitrogens with zero attached hydrogens (tertiary/aromatic N) is 1. The number of carbonyl (C=O) groups excluding carboxylic acids is 1. The van der Waals surface area contributed by atoms with Crippen molar-refractivity contribution in [3.05, 3.63) is 0 Å². The van der Waals surface area contributed by atoms with Gasteiger partial charge in [0.15, 0.2) is 0 Å². The fourth-order valence-electron chi connectivity index (χ4n) is 1.29. The van der Waals surface area contributed by atoms with Crippen molar-refractivity contribution >= 4 is 5.97 Å². The number of rotatable bonds is 3. The minimum atomic E-state index is -0.169. The molecule has 1 fully saturated rings. The number of aliphatic hydroxyl groups is 1. The first kappa shape index (κ1) is 9.48. The average molecular weight is 173 g/mol. The van der Waals surface area contributed by atoms with E-state index in [9.17, 15) is 4.79 Å². The zero-order chi connectivity index (χ0) is 9.14. The third-order valence-electron chi connectivity index (χ3n) is 2.36. The number of aliphatic hydroxyl groups excluding tert-OH is 1. The van der Waals surface area contributed by atoms with E-state index < -0.39 is 0 Å². The van der Waals surface area contributed by atoms with E-state index in [4.69, 9.17) is 9.84 Å². The molecule has 1 rings (SSSR count). The quantitative estimate of drug-likeness (QED) is 0.591. The van der Waals surface area contributed by atoms with Gasteiger partial charge in [-0.3, -0.25) is 9.69 Å². The molecule has 0 amide bonds. The highest BCUT2D eigenvalue weighted by Gasteiger charge is 2.32. The van der Waals surface area contributed by atoms with Gasteiger partial charge in [0.25, 0.3) is 0 Å². The molecule has 1 aliphatic heterocycles. The smallest absolute Gasteiger partial charge is 0.323 e. The lowest BCUT2D eigenvalue weighted by Crippen LogP contribution is -2.42. The Morgan fingerprint density at radius 3 is 2.92 bits per heavy atom. The maximum absolute atomic E-state index is 11.1. The van der Waals surface area contributed by atoms with Crippen molar-refractivity contribution in [2.24, 2.45) is 0 Å². The standard InChI is InChI=1S/C8H15NO3/c1-6(5-10)9(2)7-3-4-12-8(7)11/h6-7,10H,3-5H2,1-2H3. The van der Waals surface area contributed by atoms with Gasteiger partial charge in [0.2, 0.25) is 0 Å². The molecule has 70 valence electrons. The monoisotopic (exact) mass is 173 g/mol. The van der Waals surface area contributed by atoms with Crippen molar-refractivity contribution in [3.8, 4) is 0 Å². The number of likely N-dealkylation sites (N-methyl/N-ethyl adjacent to an activating group) is 1. The molecule has 0 bridgehead atoms. The lowest BCUT2D eigenvalue weighted by Gasteiger charge is -2.26. The molecule has 12 heavy (non-hydrogen) atoms. The van der Waals surface area contributed by atoms with Gasteiger partial charge in [-0.15, -0.1) is 0 Å². The average Bonchev–Trinajstić information content (AvgIpc) is 2.48. The Bertz CT molecular complexity index is 172. The second kappa shape index (κ2) is 3.87. The predicted molar refractivity (Wildman–Crippen MR) is 43.7 cm³/mol. The zero-order valence-corrected chi connectivity index (χ0v) is 7.49. The Balaban J connectivity index is 2.51. The lowest BCUT2D eigenvalue weighted by atomic mass is 10.2. The number of carbonyl (C=O) groups is 1. The van der Waals surface area contributed by atoms with Crippen LogP contribution in [-0.4, -0.2) is 48.3 Å². The van der Waals surface area contributed by atoms with Crippen LogP contribution in [0.1, 0.15) is 13.3 Å². The zero-order valence-electron chi connectivity index (χ0n) is 7.49. The summed E-state index contributed by atoms with van der Waals surface area (Å²) < 4.78 is 4.82. The highest BCUT2D eigenvalue weighted by Crippen LogP contribution is 2.14. The number of hydrogen-bond acceptors (Lipinski definition) is 4. The third kappa shape index (κ3) is 1.76. The van der Waals surface area contributed by atoms with Gasteiger partial charge in [-0.2, -0.15) is 0 Å². The summed E-state index contributed by atoms with van der Waals surface area (Å²) in [5.74, 6) is -0.169. The van der Waals surface area contributed by atoms with Gasteiger partial charge >= 0.3 is 5.97 Å². The van der Waals surface area contributed by atoms with Crippen LogP contribution in [0.5, 0.6) is 0 Å². The van der Waals surface area contributed by atoms with Gasteiger partial charge in [-0.25, -0.2) is 0 Å². The maximum atomic E-state index is 11.1. The van der Waals surface area contributed by atoms with E-state index in [2.05, 4.69) is 0 Å². The van der Waals surface area contributed by atoms with E-state index in [1.165, 1.54) is 0 Å². The summed E-state index contributed by atoms with van der Waals surface area (Å²) >= 11 is 0. The fraction of sp³-hybridized carbons (Fsp3) is 0.875. The van der Waals surface area contributed by atoms with Crippen LogP contribution < -0.4 is 0 Å². The van der Waals surface area contributed by atoms with E-state index in [1.54, 1.807) is 0 Å². The molecule has 1 heterocycles. The molecule has 1 N–H and O–H groups in total. The molecule has 1 saturated heterocycles. The van der Waals surface area contributed by atoms with E-state index in [1.807, 2.05) is 18.9 Å². The Morgan fingerprint density at radius 1 is 1.83 bits per heavy atom. The second-order valence-corrected chi connectivity index (χ2v) is 3.17. The Labute approximate surface area is 72.1 Å². The molecule has 0 radical (unpaired) electrons. The summed E-state index contributed by atoms with van der Waals surface area (Å²) in [6.07, 6.45) is 0.736. The third-order valence-corrected chi connectivity index (χ3v) is 2.36. The maximum Gasteiger partial charge on any atom is 0.323 e. The highest BCUT2D eigenvalue weighted by atomic mass is 16.5. The van der Waals surface area contributed by atoms with E-state index in [-0.39, 0.29) is 24.7 Å². The molecule has 4 heteroatoms. The summed E-state index contributed by atoms with van der Waals surface area (Å²) in [7, 11) is 1.83. The van der Waals surface area contributed by atoms with Crippen molar-refractivity contribution in [1.82, 2.24) is 4.90 Å². The Morgan fingerprint density at radius 2 is 2.50 bits per heavy atom. The van der Waals surface area contributed by atoms with Crippen LogP contribution in [0.25, 0.3) is 0 Å². The first-order valence-corrected chi connectivity index (χ1v) is 4.16. The second-order valence-electron chi connectivity index (χ2n) is 3.17. The topological polar surface area (TPSA) is 49.8 Å². The number of hydrogen-bond donors (Lipinski definition) is 1.